The predicted octanol–water partition coefficient (Wildman–Crippen LogP) is 4.92. The molecule has 0 aliphatic heterocycles. The number of hydrogen-bond acceptors (Lipinski definition) is 5. The van der Waals surface area contributed by atoms with Crippen LogP contribution in [0.1, 0.15) is 52.0 Å². The van der Waals surface area contributed by atoms with E-state index >= 15 is 0 Å². The summed E-state index contributed by atoms with van der Waals surface area (Å²) in [6, 6.07) is 9.59. The van der Waals surface area contributed by atoms with Crippen molar-refractivity contribution in [1.82, 2.24) is 14.5 Å². The molecule has 0 bridgehead atoms. The van der Waals surface area contributed by atoms with Crippen molar-refractivity contribution in [1.29, 1.82) is 0 Å². The van der Waals surface area contributed by atoms with Gasteiger partial charge < -0.3 is 10.0 Å². The number of halogens is 1. The second-order valence-corrected chi connectivity index (χ2v) is 7.92. The maximum absolute atomic E-state index is 13.2. The minimum atomic E-state index is -0.152. The molecular weight excluding hydrogens is 406 g/mol. The Hall–Kier alpha value is -1.50. The molecule has 1 aromatic carbocycles. The molecule has 162 valence electrons. The van der Waals surface area contributed by atoms with Crippen LogP contribution < -0.4 is 5.56 Å². The van der Waals surface area contributed by atoms with Crippen molar-refractivity contribution in [3.05, 3.63) is 46.2 Å². The Bertz CT molecular complexity index is 780. The number of hydrogen-bond donors (Lipinski definition) is 1. The Labute approximate surface area is 185 Å². The Morgan fingerprint density at radius 3 is 2.38 bits per heavy atom. The van der Waals surface area contributed by atoms with Gasteiger partial charge in [0.25, 0.3) is 5.56 Å². The molecule has 7 heteroatoms. The van der Waals surface area contributed by atoms with Gasteiger partial charge in [0.05, 0.1) is 11.3 Å². The first-order valence-corrected chi connectivity index (χ1v) is 11.4. The molecule has 0 saturated carbocycles. The third-order valence-electron chi connectivity index (χ3n) is 4.95. The number of benzene rings is 1. The van der Waals surface area contributed by atoms with Gasteiger partial charge in [-0.05, 0) is 38.1 Å². The third kappa shape index (κ3) is 7.36. The highest BCUT2D eigenvalue weighted by Crippen LogP contribution is 2.23. The Balaban J connectivity index is 0.00000420. The summed E-state index contributed by atoms with van der Waals surface area (Å²) in [5.74, 6) is 0.704. The molecular formula is C22H34ClN3O2S. The van der Waals surface area contributed by atoms with Crippen LogP contribution in [0, 0.1) is 0 Å². The van der Waals surface area contributed by atoms with Crippen LogP contribution in [0.4, 0.5) is 0 Å². The van der Waals surface area contributed by atoms with Gasteiger partial charge in [-0.25, -0.2) is 0 Å². The van der Waals surface area contributed by atoms with Crippen LogP contribution in [0.25, 0.3) is 5.69 Å². The van der Waals surface area contributed by atoms with Crippen LogP contribution in [0.2, 0.25) is 0 Å². The van der Waals surface area contributed by atoms with Gasteiger partial charge in [0.15, 0.2) is 5.16 Å². The van der Waals surface area contributed by atoms with E-state index in [-0.39, 0.29) is 23.8 Å². The van der Waals surface area contributed by atoms with E-state index in [2.05, 4.69) is 30.7 Å². The normalized spacial score (nSPS) is 10.9. The van der Waals surface area contributed by atoms with Gasteiger partial charge in [-0.15, -0.1) is 12.4 Å². The number of rotatable bonds is 12. The number of unbranched alkanes of at least 4 members (excludes halogenated alkanes) is 3. The van der Waals surface area contributed by atoms with E-state index in [0.29, 0.717) is 17.1 Å². The van der Waals surface area contributed by atoms with Crippen LogP contribution in [-0.4, -0.2) is 44.9 Å². The van der Waals surface area contributed by atoms with Gasteiger partial charge in [-0.2, -0.15) is 4.98 Å². The van der Waals surface area contributed by atoms with Crippen molar-refractivity contribution in [2.24, 2.45) is 0 Å². The molecule has 29 heavy (non-hydrogen) atoms. The number of thioether (sulfide) groups is 1. The molecule has 0 atom stereocenters. The summed E-state index contributed by atoms with van der Waals surface area (Å²) in [6.07, 6.45) is 4.79. The highest BCUT2D eigenvalue weighted by Gasteiger charge is 2.18. The summed E-state index contributed by atoms with van der Waals surface area (Å²) in [6.45, 7) is 9.36. The zero-order chi connectivity index (χ0) is 20.4. The van der Waals surface area contributed by atoms with Crippen molar-refractivity contribution in [2.75, 3.05) is 25.4 Å². The number of nitrogens with zero attached hydrogens (tertiary/aromatic N) is 3. The lowest BCUT2D eigenvalue weighted by Crippen LogP contribution is -2.27. The maximum Gasteiger partial charge on any atom is 0.265 e. The molecule has 1 heterocycles. The lowest BCUT2D eigenvalue weighted by molar-refractivity contribution is 0.323. The molecule has 0 fully saturated rings. The molecule has 0 spiro atoms. The van der Waals surface area contributed by atoms with Crippen molar-refractivity contribution in [3.63, 3.8) is 0 Å². The first-order valence-electron chi connectivity index (χ1n) is 10.4. The fourth-order valence-corrected chi connectivity index (χ4v) is 4.18. The zero-order valence-corrected chi connectivity index (χ0v) is 19.4. The Kier molecular flexibility index (Phi) is 12.0. The first kappa shape index (κ1) is 25.5. The minimum Gasteiger partial charge on any atom is -0.493 e. The number of para-hydroxylation sites is 1. The number of aromatic hydroxyl groups is 1. The standard InChI is InChI=1S/C22H33N3O2S.ClH/c1-4-7-8-12-15-19-20(26)23-22(28-17-16-24(5-2)6-3)25(21(19)27)18-13-10-9-11-14-18;/h9-11,13-14,26H,4-8,12,15-17H2,1-3H3;1H. The third-order valence-corrected chi connectivity index (χ3v) is 5.87. The molecule has 0 amide bonds. The van der Waals surface area contributed by atoms with Crippen LogP contribution in [0.3, 0.4) is 0 Å². The lowest BCUT2D eigenvalue weighted by atomic mass is 10.1. The molecule has 0 radical (unpaired) electrons. The van der Waals surface area contributed by atoms with E-state index < -0.39 is 0 Å². The summed E-state index contributed by atoms with van der Waals surface area (Å²) in [5, 5.41) is 11.0. The van der Waals surface area contributed by atoms with E-state index in [9.17, 15) is 9.90 Å². The molecule has 2 rings (SSSR count). The quantitative estimate of drug-likeness (QED) is 0.289. The summed E-state index contributed by atoms with van der Waals surface area (Å²) >= 11 is 1.52. The SMILES string of the molecule is CCCCCCc1c(O)nc(SCCN(CC)CC)n(-c2ccccc2)c1=O.Cl. The summed E-state index contributed by atoms with van der Waals surface area (Å²) in [7, 11) is 0. The molecule has 2 aromatic rings. The molecule has 5 nitrogen and oxygen atoms in total. The fraction of sp³-hybridized carbons (Fsp3) is 0.545. The van der Waals surface area contributed by atoms with Gasteiger partial charge in [0.1, 0.15) is 0 Å². The molecule has 0 aliphatic carbocycles. The number of aromatic nitrogens is 2. The van der Waals surface area contributed by atoms with E-state index in [4.69, 9.17) is 0 Å². The average molecular weight is 440 g/mol. The summed E-state index contributed by atoms with van der Waals surface area (Å²) < 4.78 is 1.65. The highest BCUT2D eigenvalue weighted by molar-refractivity contribution is 7.99. The average Bonchev–Trinajstić information content (AvgIpc) is 2.71. The van der Waals surface area contributed by atoms with Crippen molar-refractivity contribution >= 4 is 24.2 Å². The Morgan fingerprint density at radius 1 is 1.07 bits per heavy atom. The van der Waals surface area contributed by atoms with Gasteiger partial charge in [0.2, 0.25) is 5.88 Å². The van der Waals surface area contributed by atoms with Gasteiger partial charge in [-0.3, -0.25) is 9.36 Å². The molecule has 0 aliphatic rings. The molecule has 1 aromatic heterocycles. The first-order chi connectivity index (χ1) is 13.6. The van der Waals surface area contributed by atoms with Crippen molar-refractivity contribution in [2.45, 2.75) is 58.0 Å². The van der Waals surface area contributed by atoms with Gasteiger partial charge >= 0.3 is 0 Å². The van der Waals surface area contributed by atoms with Crippen molar-refractivity contribution in [3.8, 4) is 11.6 Å². The molecule has 0 saturated heterocycles. The zero-order valence-electron chi connectivity index (χ0n) is 17.8. The Morgan fingerprint density at radius 2 is 1.76 bits per heavy atom. The molecule has 0 unspecified atom stereocenters. The van der Waals surface area contributed by atoms with Gasteiger partial charge in [-0.1, -0.05) is 70.0 Å². The van der Waals surface area contributed by atoms with E-state index in [1.54, 1.807) is 4.57 Å². The summed E-state index contributed by atoms with van der Waals surface area (Å²) in [4.78, 5) is 20.0. The second-order valence-electron chi connectivity index (χ2n) is 6.86. The van der Waals surface area contributed by atoms with E-state index in [1.165, 1.54) is 11.8 Å². The fourth-order valence-electron chi connectivity index (χ4n) is 3.18. The smallest absolute Gasteiger partial charge is 0.265 e. The van der Waals surface area contributed by atoms with Crippen molar-refractivity contribution < 1.29 is 5.11 Å². The van der Waals surface area contributed by atoms with Crippen LogP contribution >= 0.6 is 24.2 Å². The summed E-state index contributed by atoms with van der Waals surface area (Å²) in [5.41, 5.74) is 1.06. The van der Waals surface area contributed by atoms with Gasteiger partial charge in [0, 0.05) is 12.3 Å². The van der Waals surface area contributed by atoms with Crippen LogP contribution in [0.5, 0.6) is 5.88 Å². The second kappa shape index (κ2) is 13.7. The topological polar surface area (TPSA) is 58.4 Å². The largest absolute Gasteiger partial charge is 0.493 e. The minimum absolute atomic E-state index is 0. The van der Waals surface area contributed by atoms with E-state index in [1.807, 2.05) is 30.3 Å². The monoisotopic (exact) mass is 439 g/mol. The molecule has 1 N–H and O–H groups in total. The maximum atomic E-state index is 13.2. The predicted molar refractivity (Wildman–Crippen MR) is 125 cm³/mol. The lowest BCUT2D eigenvalue weighted by Gasteiger charge is -2.18. The van der Waals surface area contributed by atoms with E-state index in [0.717, 1.165) is 56.8 Å². The van der Waals surface area contributed by atoms with Crippen LogP contribution in [-0.2, 0) is 6.42 Å². The highest BCUT2D eigenvalue weighted by atomic mass is 35.5. The van der Waals surface area contributed by atoms with Crippen LogP contribution in [0.15, 0.2) is 40.3 Å².